The van der Waals surface area contributed by atoms with Gasteiger partial charge in [-0.3, -0.25) is 14.8 Å². The number of nitrogens with zero attached hydrogens (tertiary/aromatic N) is 3. The molecule has 0 spiro atoms. The molecule has 0 aliphatic heterocycles. The first kappa shape index (κ1) is 36.4. The summed E-state index contributed by atoms with van der Waals surface area (Å²) < 4.78 is 30.6. The molecule has 1 aliphatic rings. The maximum atomic E-state index is 15.3. The van der Waals surface area contributed by atoms with Gasteiger partial charge < -0.3 is 10.2 Å². The number of halogens is 2. The molecule has 1 N–H and O–H groups in total. The maximum absolute atomic E-state index is 15.3. The van der Waals surface area contributed by atoms with Crippen LogP contribution in [0.1, 0.15) is 68.7 Å². The van der Waals surface area contributed by atoms with E-state index < -0.39 is 17.0 Å². The molecule has 0 saturated heterocycles. The van der Waals surface area contributed by atoms with Crippen LogP contribution < -0.4 is 5.32 Å². The summed E-state index contributed by atoms with van der Waals surface area (Å²) in [5.74, 6) is -1.27. The number of aryl methyl sites for hydroxylation is 1. The third kappa shape index (κ3) is 6.74. The number of amides is 1. The molecular weight excluding hydrogens is 707 g/mol. The molecule has 1 fully saturated rings. The van der Waals surface area contributed by atoms with Gasteiger partial charge in [0.1, 0.15) is 11.6 Å². The predicted octanol–water partition coefficient (Wildman–Crippen LogP) is 10.5. The molecule has 1 aliphatic carbocycles. The van der Waals surface area contributed by atoms with E-state index in [9.17, 15) is 0 Å². The van der Waals surface area contributed by atoms with E-state index in [0.717, 1.165) is 88.2 Å². The van der Waals surface area contributed by atoms with Gasteiger partial charge in [0.05, 0.1) is 26.9 Å². The van der Waals surface area contributed by atoms with Gasteiger partial charge in [-0.05, 0) is 91.2 Å². The van der Waals surface area contributed by atoms with Gasteiger partial charge in [0.25, 0.3) is 5.91 Å². The Morgan fingerprint density at radius 1 is 0.800 bits per heavy atom. The van der Waals surface area contributed by atoms with E-state index in [1.54, 1.807) is 25.5 Å². The molecule has 276 valence electrons. The summed E-state index contributed by atoms with van der Waals surface area (Å²) in [7, 11) is 1.98. The molecule has 5 nitrogen and oxygen atoms in total. The molecule has 5 aromatic carbocycles. The second kappa shape index (κ2) is 15.7. The Balaban J connectivity index is 1.38. The number of carbonyl (C=O) groups excluding carboxylic acids is 1. The van der Waals surface area contributed by atoms with Crippen molar-refractivity contribution in [3.05, 3.63) is 190 Å². The minimum Gasteiger partial charge on any atom is -0.331 e. The molecule has 1 amide bonds. The third-order valence-corrected chi connectivity index (χ3v) is 12.6. The lowest BCUT2D eigenvalue weighted by molar-refractivity contribution is 0.0604. The second-order valence-electron chi connectivity index (χ2n) is 14.3. The fourth-order valence-electron chi connectivity index (χ4n) is 8.56. The molecule has 7 aromatic rings. The van der Waals surface area contributed by atoms with Crippen LogP contribution in [-0.2, 0) is 12.0 Å². The van der Waals surface area contributed by atoms with Crippen molar-refractivity contribution in [2.45, 2.75) is 56.7 Å². The third-order valence-electron chi connectivity index (χ3n) is 11.3. The highest BCUT2D eigenvalue weighted by Gasteiger charge is 2.41. The van der Waals surface area contributed by atoms with Crippen LogP contribution in [0.4, 0.5) is 8.78 Å². The van der Waals surface area contributed by atoms with Crippen molar-refractivity contribution >= 4 is 27.3 Å². The van der Waals surface area contributed by atoms with E-state index in [0.29, 0.717) is 16.5 Å². The molecule has 2 heterocycles. The van der Waals surface area contributed by atoms with Crippen molar-refractivity contribution in [3.8, 4) is 11.3 Å². The van der Waals surface area contributed by atoms with Gasteiger partial charge in [0.2, 0.25) is 0 Å². The predicted molar refractivity (Wildman–Crippen MR) is 217 cm³/mol. The van der Waals surface area contributed by atoms with E-state index in [1.165, 1.54) is 0 Å². The number of nitrogens with one attached hydrogen (secondary N) is 1. The average molecular weight is 749 g/mol. The van der Waals surface area contributed by atoms with Gasteiger partial charge in [0, 0.05) is 42.0 Å². The fourth-order valence-corrected chi connectivity index (χ4v) is 9.75. The molecule has 8 heteroatoms. The number of thiophene rings is 1. The number of benzene rings is 5. The topological polar surface area (TPSA) is 58.1 Å². The first-order chi connectivity index (χ1) is 26.9. The van der Waals surface area contributed by atoms with Crippen LogP contribution in [0.25, 0.3) is 21.3 Å². The molecule has 0 radical (unpaired) electrons. The van der Waals surface area contributed by atoms with Gasteiger partial charge in [-0.15, -0.1) is 11.3 Å². The number of hydrogen-bond donors (Lipinski definition) is 1. The van der Waals surface area contributed by atoms with E-state index in [-0.39, 0.29) is 28.6 Å². The Hall–Kier alpha value is -5.57. The maximum Gasteiger partial charge on any atom is 0.264 e. The monoisotopic (exact) mass is 748 g/mol. The SMILES string of the molecule is CNC1CCC(N(Cc2cc(-c3cnccn3)ccc2C(c2ccccc2)(c2ccccc2)c2ccccc2)C(=O)c2sc3c(F)ccc(F)c3c2C)CC1. The van der Waals surface area contributed by atoms with Crippen LogP contribution in [0.2, 0.25) is 0 Å². The largest absolute Gasteiger partial charge is 0.331 e. The number of carbonyl (C=O) groups is 1. The molecule has 55 heavy (non-hydrogen) atoms. The lowest BCUT2D eigenvalue weighted by Gasteiger charge is -2.41. The normalized spacial score (nSPS) is 15.9. The second-order valence-corrected chi connectivity index (χ2v) is 15.3. The van der Waals surface area contributed by atoms with E-state index in [4.69, 9.17) is 0 Å². The summed E-state index contributed by atoms with van der Waals surface area (Å²) in [6.45, 7) is 2.00. The average Bonchev–Trinajstić information content (AvgIpc) is 3.61. The number of fused-ring (bicyclic) bond motifs is 1. The molecule has 8 rings (SSSR count). The molecular formula is C47H42F2N4OS. The highest BCUT2D eigenvalue weighted by molar-refractivity contribution is 7.21. The lowest BCUT2D eigenvalue weighted by atomic mass is 9.63. The first-order valence-electron chi connectivity index (χ1n) is 18.8. The summed E-state index contributed by atoms with van der Waals surface area (Å²) in [5, 5.41) is 3.60. The van der Waals surface area contributed by atoms with Gasteiger partial charge in [-0.25, -0.2) is 8.78 Å². The summed E-state index contributed by atoms with van der Waals surface area (Å²) in [4.78, 5) is 26.6. The fraction of sp³-hybridized carbons (Fsp3) is 0.213. The standard InChI is InChI=1S/C47H42F2N4OS/c1-31-43-40(48)24-25-41(49)45(43)55-44(31)46(54)53(38-21-19-37(50-2)20-22-38)30-33-28-32(42-29-51-26-27-52-42)18-23-39(33)47(34-12-6-3-7-13-34,35-14-8-4-9-15-35)36-16-10-5-11-17-36/h3-18,23-29,37-38,50H,19-22,30H2,1-2H3. The quantitative estimate of drug-likeness (QED) is 0.142. The van der Waals surface area contributed by atoms with Gasteiger partial charge in [-0.1, -0.05) is 103 Å². The van der Waals surface area contributed by atoms with Gasteiger partial charge >= 0.3 is 0 Å². The van der Waals surface area contributed by atoms with Crippen molar-refractivity contribution in [1.29, 1.82) is 0 Å². The Bertz CT molecular complexity index is 2320. The van der Waals surface area contributed by atoms with Crippen LogP contribution in [0.5, 0.6) is 0 Å². The van der Waals surface area contributed by atoms with Crippen LogP contribution in [0, 0.1) is 18.6 Å². The molecule has 0 atom stereocenters. The summed E-state index contributed by atoms with van der Waals surface area (Å²) in [5.41, 5.74) is 6.51. The highest BCUT2D eigenvalue weighted by atomic mass is 32.1. The van der Waals surface area contributed by atoms with E-state index >= 15 is 13.6 Å². The van der Waals surface area contributed by atoms with Crippen LogP contribution in [0.15, 0.2) is 140 Å². The Kier molecular flexibility index (Phi) is 10.4. The first-order valence-corrected chi connectivity index (χ1v) is 19.6. The van der Waals surface area contributed by atoms with Crippen molar-refractivity contribution in [1.82, 2.24) is 20.2 Å². The number of hydrogen-bond acceptors (Lipinski definition) is 5. The van der Waals surface area contributed by atoms with Crippen molar-refractivity contribution < 1.29 is 13.6 Å². The Morgan fingerprint density at radius 2 is 1.40 bits per heavy atom. The van der Waals surface area contributed by atoms with Gasteiger partial charge in [-0.2, -0.15) is 0 Å². The molecule has 1 saturated carbocycles. The van der Waals surface area contributed by atoms with E-state index in [2.05, 4.69) is 106 Å². The summed E-state index contributed by atoms with van der Waals surface area (Å²) in [6.07, 6.45) is 8.51. The highest BCUT2D eigenvalue weighted by Crippen LogP contribution is 2.48. The van der Waals surface area contributed by atoms with Crippen LogP contribution in [0.3, 0.4) is 0 Å². The van der Waals surface area contributed by atoms with Gasteiger partial charge in [0.15, 0.2) is 0 Å². The van der Waals surface area contributed by atoms with Crippen LogP contribution in [-0.4, -0.2) is 39.9 Å². The Labute approximate surface area is 324 Å². The molecule has 0 unspecified atom stereocenters. The van der Waals surface area contributed by atoms with Crippen molar-refractivity contribution in [2.24, 2.45) is 0 Å². The zero-order valence-corrected chi connectivity index (χ0v) is 31.7. The lowest BCUT2D eigenvalue weighted by Crippen LogP contribution is -2.45. The van der Waals surface area contributed by atoms with Crippen LogP contribution >= 0.6 is 11.3 Å². The summed E-state index contributed by atoms with van der Waals surface area (Å²) >= 11 is 1.04. The minimum absolute atomic E-state index is 0.0935. The zero-order valence-electron chi connectivity index (χ0n) is 30.9. The summed E-state index contributed by atoms with van der Waals surface area (Å²) in [6, 6.07) is 40.5. The number of rotatable bonds is 10. The zero-order chi connectivity index (χ0) is 37.9. The Morgan fingerprint density at radius 3 is 1.95 bits per heavy atom. The van der Waals surface area contributed by atoms with Crippen molar-refractivity contribution in [3.63, 3.8) is 0 Å². The smallest absolute Gasteiger partial charge is 0.264 e. The number of aromatic nitrogens is 2. The van der Waals surface area contributed by atoms with Crippen molar-refractivity contribution in [2.75, 3.05) is 7.05 Å². The molecule has 2 aromatic heterocycles. The minimum atomic E-state index is -0.779. The molecule has 0 bridgehead atoms. The van der Waals surface area contributed by atoms with E-state index in [1.807, 2.05) is 30.1 Å².